The number of rotatable bonds is 5. The van der Waals surface area contributed by atoms with E-state index in [0.717, 1.165) is 19.1 Å². The van der Waals surface area contributed by atoms with Gasteiger partial charge in [-0.05, 0) is 24.0 Å². The molecule has 1 aliphatic rings. The van der Waals surface area contributed by atoms with E-state index in [1.807, 2.05) is 0 Å². The molecule has 122 valence electrons. The highest BCUT2D eigenvalue weighted by atomic mass is 15.1. The van der Waals surface area contributed by atoms with E-state index in [2.05, 4.69) is 65.6 Å². The van der Waals surface area contributed by atoms with E-state index in [1.54, 1.807) is 0 Å². The molecular formula is C22H29N. The maximum absolute atomic E-state index is 2.72. The Morgan fingerprint density at radius 1 is 0.609 bits per heavy atom. The average molecular weight is 307 g/mol. The van der Waals surface area contributed by atoms with Crippen LogP contribution in [0.3, 0.4) is 0 Å². The van der Waals surface area contributed by atoms with Crippen LogP contribution in [-0.2, 0) is 13.1 Å². The van der Waals surface area contributed by atoms with Gasteiger partial charge in [-0.2, -0.15) is 0 Å². The molecule has 23 heavy (non-hydrogen) atoms. The fourth-order valence-electron chi connectivity index (χ4n) is 3.75. The first-order valence-corrected chi connectivity index (χ1v) is 9.24. The normalized spacial score (nSPS) is 16.9. The Kier molecular flexibility index (Phi) is 6.28. The van der Waals surface area contributed by atoms with Crippen molar-refractivity contribution < 1.29 is 0 Å². The number of benzene rings is 2. The predicted molar refractivity (Wildman–Crippen MR) is 98.2 cm³/mol. The van der Waals surface area contributed by atoms with Gasteiger partial charge in [-0.1, -0.05) is 92.8 Å². The molecule has 0 bridgehead atoms. The third-order valence-corrected chi connectivity index (χ3v) is 5.05. The summed E-state index contributed by atoms with van der Waals surface area (Å²) in [5, 5.41) is 0. The van der Waals surface area contributed by atoms with Crippen molar-refractivity contribution in [3.63, 3.8) is 0 Å². The lowest BCUT2D eigenvalue weighted by Gasteiger charge is -2.33. The molecule has 2 aromatic rings. The highest BCUT2D eigenvalue weighted by Gasteiger charge is 2.20. The Labute approximate surface area is 141 Å². The van der Waals surface area contributed by atoms with E-state index in [-0.39, 0.29) is 0 Å². The summed E-state index contributed by atoms with van der Waals surface area (Å²) in [6.07, 6.45) is 9.78. The molecule has 3 rings (SSSR count). The molecule has 2 aromatic carbocycles. The van der Waals surface area contributed by atoms with Gasteiger partial charge in [-0.15, -0.1) is 0 Å². The van der Waals surface area contributed by atoms with Crippen LogP contribution < -0.4 is 0 Å². The van der Waals surface area contributed by atoms with Crippen LogP contribution in [0.5, 0.6) is 0 Å². The topological polar surface area (TPSA) is 3.24 Å². The van der Waals surface area contributed by atoms with Crippen LogP contribution >= 0.6 is 0 Å². The second kappa shape index (κ2) is 8.88. The molecule has 0 aromatic heterocycles. The summed E-state index contributed by atoms with van der Waals surface area (Å²) in [7, 11) is 0. The van der Waals surface area contributed by atoms with Gasteiger partial charge in [0.1, 0.15) is 0 Å². The molecule has 0 radical (unpaired) electrons. The van der Waals surface area contributed by atoms with Crippen LogP contribution in [0.4, 0.5) is 0 Å². The van der Waals surface area contributed by atoms with Crippen molar-refractivity contribution in [3.8, 4) is 0 Å². The lowest BCUT2D eigenvalue weighted by atomic mass is 9.95. The molecule has 0 spiro atoms. The van der Waals surface area contributed by atoms with Crippen molar-refractivity contribution in [2.75, 3.05) is 0 Å². The zero-order chi connectivity index (χ0) is 15.7. The van der Waals surface area contributed by atoms with Gasteiger partial charge < -0.3 is 0 Å². The summed E-state index contributed by atoms with van der Waals surface area (Å²) in [4.78, 5) is 2.72. The maximum Gasteiger partial charge on any atom is 0.0240 e. The fraction of sp³-hybridized carbons (Fsp3) is 0.455. The van der Waals surface area contributed by atoms with Crippen LogP contribution in [0, 0.1) is 0 Å². The van der Waals surface area contributed by atoms with Crippen molar-refractivity contribution in [1.29, 1.82) is 0 Å². The third-order valence-electron chi connectivity index (χ3n) is 5.05. The Morgan fingerprint density at radius 3 is 1.52 bits per heavy atom. The third kappa shape index (κ3) is 5.21. The number of hydrogen-bond acceptors (Lipinski definition) is 1. The fourth-order valence-corrected chi connectivity index (χ4v) is 3.75. The van der Waals surface area contributed by atoms with E-state index in [1.165, 1.54) is 56.1 Å². The number of nitrogens with zero attached hydrogens (tertiary/aromatic N) is 1. The van der Waals surface area contributed by atoms with E-state index in [0.29, 0.717) is 0 Å². The zero-order valence-electron chi connectivity index (χ0n) is 14.2. The van der Waals surface area contributed by atoms with Gasteiger partial charge in [-0.25, -0.2) is 0 Å². The van der Waals surface area contributed by atoms with Crippen molar-refractivity contribution in [2.24, 2.45) is 0 Å². The van der Waals surface area contributed by atoms with Crippen LogP contribution in [-0.4, -0.2) is 10.9 Å². The van der Waals surface area contributed by atoms with Crippen LogP contribution in [0.1, 0.15) is 56.1 Å². The molecule has 1 fully saturated rings. The van der Waals surface area contributed by atoms with Gasteiger partial charge in [0.05, 0.1) is 0 Å². The molecule has 0 heterocycles. The van der Waals surface area contributed by atoms with Gasteiger partial charge in [-0.3, -0.25) is 4.90 Å². The van der Waals surface area contributed by atoms with Gasteiger partial charge >= 0.3 is 0 Å². The first kappa shape index (κ1) is 16.3. The summed E-state index contributed by atoms with van der Waals surface area (Å²) in [6, 6.07) is 22.7. The van der Waals surface area contributed by atoms with Gasteiger partial charge in [0.25, 0.3) is 0 Å². The molecule has 0 saturated heterocycles. The monoisotopic (exact) mass is 307 g/mol. The second-order valence-electron chi connectivity index (χ2n) is 6.88. The van der Waals surface area contributed by atoms with Crippen molar-refractivity contribution in [1.82, 2.24) is 4.90 Å². The van der Waals surface area contributed by atoms with E-state index >= 15 is 0 Å². The minimum atomic E-state index is 0.732. The summed E-state index contributed by atoms with van der Waals surface area (Å²) >= 11 is 0. The van der Waals surface area contributed by atoms with Crippen LogP contribution in [0.25, 0.3) is 0 Å². The number of hydrogen-bond donors (Lipinski definition) is 0. The molecular weight excluding hydrogens is 278 g/mol. The maximum atomic E-state index is 2.72. The zero-order valence-corrected chi connectivity index (χ0v) is 14.2. The largest absolute Gasteiger partial charge is 0.292 e. The quantitative estimate of drug-likeness (QED) is 0.674. The summed E-state index contributed by atoms with van der Waals surface area (Å²) in [6.45, 7) is 2.14. The molecule has 0 unspecified atom stereocenters. The second-order valence-corrected chi connectivity index (χ2v) is 6.88. The van der Waals surface area contributed by atoms with Gasteiger partial charge in [0.2, 0.25) is 0 Å². The van der Waals surface area contributed by atoms with Gasteiger partial charge in [0, 0.05) is 19.1 Å². The highest BCUT2D eigenvalue weighted by molar-refractivity contribution is 5.17. The van der Waals surface area contributed by atoms with Crippen LogP contribution in [0.15, 0.2) is 60.7 Å². The summed E-state index contributed by atoms with van der Waals surface area (Å²) in [5.41, 5.74) is 2.87. The van der Waals surface area contributed by atoms with Crippen molar-refractivity contribution in [2.45, 2.75) is 64.1 Å². The van der Waals surface area contributed by atoms with Crippen LogP contribution in [0.2, 0.25) is 0 Å². The minimum Gasteiger partial charge on any atom is -0.292 e. The Morgan fingerprint density at radius 2 is 1.04 bits per heavy atom. The SMILES string of the molecule is c1ccc(CN(Cc2ccccc2)C2CCCCCCC2)cc1. The molecule has 0 aliphatic heterocycles. The molecule has 1 heteroatoms. The Hall–Kier alpha value is -1.60. The van der Waals surface area contributed by atoms with E-state index in [9.17, 15) is 0 Å². The summed E-state index contributed by atoms with van der Waals surface area (Å²) in [5.74, 6) is 0. The Balaban J connectivity index is 1.74. The van der Waals surface area contributed by atoms with Gasteiger partial charge in [0.15, 0.2) is 0 Å². The van der Waals surface area contributed by atoms with Crippen molar-refractivity contribution in [3.05, 3.63) is 71.8 Å². The highest BCUT2D eigenvalue weighted by Crippen LogP contribution is 2.24. The first-order valence-electron chi connectivity index (χ1n) is 9.24. The summed E-state index contributed by atoms with van der Waals surface area (Å²) < 4.78 is 0. The first-order chi connectivity index (χ1) is 11.4. The van der Waals surface area contributed by atoms with E-state index < -0.39 is 0 Å². The minimum absolute atomic E-state index is 0.732. The molecule has 1 nitrogen and oxygen atoms in total. The standard InChI is InChI=1S/C22H29N/c1-2-10-16-22(17-11-3-1)23(18-20-12-6-4-7-13-20)19-21-14-8-5-9-15-21/h4-9,12-15,22H,1-3,10-11,16-19H2. The van der Waals surface area contributed by atoms with Crippen molar-refractivity contribution >= 4 is 0 Å². The Bertz CT molecular complexity index is 499. The lowest BCUT2D eigenvalue weighted by molar-refractivity contribution is 0.149. The molecule has 0 N–H and O–H groups in total. The molecule has 1 saturated carbocycles. The predicted octanol–water partition coefficient (Wildman–Crippen LogP) is 5.80. The average Bonchev–Trinajstić information content (AvgIpc) is 2.56. The van der Waals surface area contributed by atoms with E-state index in [4.69, 9.17) is 0 Å². The lowest BCUT2D eigenvalue weighted by Crippen LogP contribution is -2.35. The molecule has 0 amide bonds. The molecule has 0 atom stereocenters. The smallest absolute Gasteiger partial charge is 0.0240 e. The molecule has 1 aliphatic carbocycles.